The van der Waals surface area contributed by atoms with Gasteiger partial charge in [-0.3, -0.25) is 4.79 Å². The maximum Gasteiger partial charge on any atom is 0.256 e. The molecule has 1 N–H and O–H groups in total. The standard InChI is InChI=1S/C21H13Cl3N2OS/c1-11-6-7-20(28-11)19-8-13(12-4-2-3-5-17(12)25-19)21(27)26-18-10-15(23)14(22)9-16(18)24/h2-10H,1H3,(H,26,27). The lowest BCUT2D eigenvalue weighted by molar-refractivity contribution is 0.102. The van der Waals surface area contributed by atoms with Gasteiger partial charge in [-0.05, 0) is 43.3 Å². The van der Waals surface area contributed by atoms with Crippen LogP contribution in [0.2, 0.25) is 15.1 Å². The Labute approximate surface area is 180 Å². The van der Waals surface area contributed by atoms with Gasteiger partial charge < -0.3 is 5.32 Å². The molecule has 0 spiro atoms. The first-order chi connectivity index (χ1) is 13.4. The van der Waals surface area contributed by atoms with E-state index in [1.807, 2.05) is 43.3 Å². The normalized spacial score (nSPS) is 11.0. The average Bonchev–Trinajstić information content (AvgIpc) is 3.11. The molecule has 7 heteroatoms. The summed E-state index contributed by atoms with van der Waals surface area (Å²) < 4.78 is 0. The van der Waals surface area contributed by atoms with Crippen molar-refractivity contribution in [3.63, 3.8) is 0 Å². The molecule has 0 unspecified atom stereocenters. The number of pyridine rings is 1. The number of aromatic nitrogens is 1. The minimum atomic E-state index is -0.298. The van der Waals surface area contributed by atoms with Crippen LogP contribution in [0.15, 0.2) is 54.6 Å². The maximum atomic E-state index is 13.1. The lowest BCUT2D eigenvalue weighted by Crippen LogP contribution is -2.13. The van der Waals surface area contributed by atoms with Crippen molar-refractivity contribution in [2.75, 3.05) is 5.32 Å². The SMILES string of the molecule is Cc1ccc(-c2cc(C(=O)Nc3cc(Cl)c(Cl)cc3Cl)c3ccccc3n2)s1. The molecule has 0 fully saturated rings. The number of amides is 1. The number of aryl methyl sites for hydroxylation is 1. The molecule has 1 amide bonds. The number of nitrogens with zero attached hydrogens (tertiary/aromatic N) is 1. The summed E-state index contributed by atoms with van der Waals surface area (Å²) in [6.07, 6.45) is 0. The minimum Gasteiger partial charge on any atom is -0.321 e. The van der Waals surface area contributed by atoms with E-state index in [1.54, 1.807) is 17.4 Å². The van der Waals surface area contributed by atoms with Crippen molar-refractivity contribution in [3.05, 3.63) is 80.1 Å². The van der Waals surface area contributed by atoms with Gasteiger partial charge in [-0.25, -0.2) is 4.98 Å². The van der Waals surface area contributed by atoms with E-state index in [0.29, 0.717) is 26.3 Å². The van der Waals surface area contributed by atoms with Crippen LogP contribution in [0.1, 0.15) is 15.2 Å². The summed E-state index contributed by atoms with van der Waals surface area (Å²) in [4.78, 5) is 20.0. The van der Waals surface area contributed by atoms with Crippen LogP contribution < -0.4 is 5.32 Å². The minimum absolute atomic E-state index is 0.298. The van der Waals surface area contributed by atoms with Crippen LogP contribution in [0.4, 0.5) is 5.69 Å². The van der Waals surface area contributed by atoms with E-state index in [4.69, 9.17) is 39.8 Å². The molecule has 0 aliphatic carbocycles. The number of para-hydroxylation sites is 1. The third-order valence-corrected chi connectivity index (χ3v) is 6.27. The number of benzene rings is 2. The molecule has 0 bridgehead atoms. The van der Waals surface area contributed by atoms with Gasteiger partial charge in [-0.2, -0.15) is 0 Å². The second-order valence-corrected chi connectivity index (χ2v) is 8.69. The molecule has 140 valence electrons. The van der Waals surface area contributed by atoms with Crippen molar-refractivity contribution in [1.29, 1.82) is 0 Å². The number of nitrogens with one attached hydrogen (secondary N) is 1. The van der Waals surface area contributed by atoms with E-state index >= 15 is 0 Å². The highest BCUT2D eigenvalue weighted by atomic mass is 35.5. The van der Waals surface area contributed by atoms with Gasteiger partial charge in [0.2, 0.25) is 0 Å². The number of carbonyl (C=O) groups excluding carboxylic acids is 1. The third-order valence-electron chi connectivity index (χ3n) is 4.21. The summed E-state index contributed by atoms with van der Waals surface area (Å²) >= 11 is 19.9. The Morgan fingerprint density at radius 2 is 1.71 bits per heavy atom. The zero-order chi connectivity index (χ0) is 19.8. The molecule has 28 heavy (non-hydrogen) atoms. The Morgan fingerprint density at radius 1 is 0.964 bits per heavy atom. The summed E-state index contributed by atoms with van der Waals surface area (Å²) in [7, 11) is 0. The molecule has 0 atom stereocenters. The maximum absolute atomic E-state index is 13.1. The van der Waals surface area contributed by atoms with Crippen molar-refractivity contribution >= 4 is 68.6 Å². The number of thiophene rings is 1. The van der Waals surface area contributed by atoms with Crippen LogP contribution in [0, 0.1) is 6.92 Å². The number of hydrogen-bond donors (Lipinski definition) is 1. The largest absolute Gasteiger partial charge is 0.321 e. The zero-order valence-electron chi connectivity index (χ0n) is 14.6. The van der Waals surface area contributed by atoms with E-state index in [-0.39, 0.29) is 5.91 Å². The second kappa shape index (κ2) is 7.72. The van der Waals surface area contributed by atoms with Crippen LogP contribution >= 0.6 is 46.1 Å². The number of fused-ring (bicyclic) bond motifs is 1. The monoisotopic (exact) mass is 446 g/mol. The number of anilines is 1. The Kier molecular flexibility index (Phi) is 5.30. The van der Waals surface area contributed by atoms with Gasteiger partial charge in [0.05, 0.1) is 42.4 Å². The molecule has 2 aromatic heterocycles. The summed E-state index contributed by atoms with van der Waals surface area (Å²) in [5.74, 6) is -0.298. The fraction of sp³-hybridized carbons (Fsp3) is 0.0476. The van der Waals surface area contributed by atoms with Gasteiger partial charge in [0.15, 0.2) is 0 Å². The first kappa shape index (κ1) is 19.2. The van der Waals surface area contributed by atoms with Crippen molar-refractivity contribution in [2.45, 2.75) is 6.92 Å². The Hall–Kier alpha value is -2.11. The average molecular weight is 448 g/mol. The molecule has 2 aromatic carbocycles. The molecular weight excluding hydrogens is 435 g/mol. The van der Waals surface area contributed by atoms with Crippen LogP contribution in [-0.4, -0.2) is 10.9 Å². The van der Waals surface area contributed by atoms with E-state index in [0.717, 1.165) is 21.5 Å². The van der Waals surface area contributed by atoms with E-state index in [2.05, 4.69) is 5.32 Å². The molecule has 0 saturated heterocycles. The van der Waals surface area contributed by atoms with Gasteiger partial charge in [-0.15, -0.1) is 11.3 Å². The third kappa shape index (κ3) is 3.74. The number of hydrogen-bond acceptors (Lipinski definition) is 3. The summed E-state index contributed by atoms with van der Waals surface area (Å²) in [5.41, 5.74) is 2.41. The first-order valence-electron chi connectivity index (χ1n) is 8.35. The summed E-state index contributed by atoms with van der Waals surface area (Å²) in [5, 5.41) is 4.55. The van der Waals surface area contributed by atoms with E-state index in [1.165, 1.54) is 17.0 Å². The molecule has 4 aromatic rings. The quantitative estimate of drug-likeness (QED) is 0.331. The highest BCUT2D eigenvalue weighted by Crippen LogP contribution is 2.34. The van der Waals surface area contributed by atoms with Crippen molar-refractivity contribution < 1.29 is 4.79 Å². The van der Waals surface area contributed by atoms with Crippen LogP contribution in [0.3, 0.4) is 0 Å². The Bertz CT molecular complexity index is 1220. The molecule has 3 nitrogen and oxygen atoms in total. The summed E-state index contributed by atoms with van der Waals surface area (Å²) in [6.45, 7) is 2.04. The number of carbonyl (C=O) groups is 1. The lowest BCUT2D eigenvalue weighted by Gasteiger charge is -2.12. The Balaban J connectivity index is 1.81. The van der Waals surface area contributed by atoms with Crippen molar-refractivity contribution in [3.8, 4) is 10.6 Å². The predicted octanol–water partition coefficient (Wildman–Crippen LogP) is 7.48. The Morgan fingerprint density at radius 3 is 2.46 bits per heavy atom. The van der Waals surface area contributed by atoms with E-state index in [9.17, 15) is 4.79 Å². The predicted molar refractivity (Wildman–Crippen MR) is 119 cm³/mol. The van der Waals surface area contributed by atoms with E-state index < -0.39 is 0 Å². The first-order valence-corrected chi connectivity index (χ1v) is 10.3. The molecule has 4 rings (SSSR count). The number of rotatable bonds is 3. The fourth-order valence-electron chi connectivity index (χ4n) is 2.87. The second-order valence-electron chi connectivity index (χ2n) is 6.18. The van der Waals surface area contributed by atoms with Gasteiger partial charge in [-0.1, -0.05) is 53.0 Å². The van der Waals surface area contributed by atoms with Gasteiger partial charge in [0.1, 0.15) is 0 Å². The molecular formula is C21H13Cl3N2OS. The highest BCUT2D eigenvalue weighted by molar-refractivity contribution is 7.15. The highest BCUT2D eigenvalue weighted by Gasteiger charge is 2.16. The van der Waals surface area contributed by atoms with Gasteiger partial charge >= 0.3 is 0 Å². The van der Waals surface area contributed by atoms with Crippen LogP contribution in [-0.2, 0) is 0 Å². The zero-order valence-corrected chi connectivity index (χ0v) is 17.7. The van der Waals surface area contributed by atoms with Crippen LogP contribution in [0.5, 0.6) is 0 Å². The van der Waals surface area contributed by atoms with Crippen molar-refractivity contribution in [1.82, 2.24) is 4.98 Å². The van der Waals surface area contributed by atoms with Crippen molar-refractivity contribution in [2.24, 2.45) is 0 Å². The van der Waals surface area contributed by atoms with Gasteiger partial charge in [0.25, 0.3) is 5.91 Å². The summed E-state index contributed by atoms with van der Waals surface area (Å²) in [6, 6.07) is 16.4. The molecule has 0 radical (unpaired) electrons. The van der Waals surface area contributed by atoms with Gasteiger partial charge in [0, 0.05) is 10.3 Å². The molecule has 0 saturated carbocycles. The fourth-order valence-corrected chi connectivity index (χ4v) is 4.29. The topological polar surface area (TPSA) is 42.0 Å². The molecule has 0 aliphatic rings. The number of halogens is 3. The van der Waals surface area contributed by atoms with Crippen LogP contribution in [0.25, 0.3) is 21.5 Å². The smallest absolute Gasteiger partial charge is 0.256 e. The molecule has 0 aliphatic heterocycles. The lowest BCUT2D eigenvalue weighted by atomic mass is 10.1. The molecule has 2 heterocycles.